The minimum absolute atomic E-state index is 0.0842. The van der Waals surface area contributed by atoms with Crippen LogP contribution in [0.1, 0.15) is 46.5 Å². The lowest BCUT2D eigenvalue weighted by molar-refractivity contribution is -0.144. The number of hydrogen-bond acceptors (Lipinski definition) is 3. The van der Waals surface area contributed by atoms with Crippen molar-refractivity contribution in [3.63, 3.8) is 0 Å². The van der Waals surface area contributed by atoms with Gasteiger partial charge in [-0.05, 0) is 37.6 Å². The van der Waals surface area contributed by atoms with E-state index in [0.717, 1.165) is 19.3 Å². The van der Waals surface area contributed by atoms with Crippen molar-refractivity contribution in [2.24, 2.45) is 17.6 Å². The summed E-state index contributed by atoms with van der Waals surface area (Å²) >= 11 is 0. The van der Waals surface area contributed by atoms with Crippen LogP contribution in [-0.2, 0) is 9.53 Å². The molecule has 0 aliphatic rings. The number of ether oxygens (including phenoxy) is 1. The van der Waals surface area contributed by atoms with E-state index in [1.54, 1.807) is 0 Å². The van der Waals surface area contributed by atoms with Gasteiger partial charge in [0, 0.05) is 6.42 Å². The Hall–Kier alpha value is -0.570. The SMILES string of the molecule is CC(C)CCCOC(=O)CCC(C)CN. The number of carbonyl (C=O) groups is 1. The van der Waals surface area contributed by atoms with Crippen LogP contribution >= 0.6 is 0 Å². The van der Waals surface area contributed by atoms with Crippen molar-refractivity contribution in [1.29, 1.82) is 0 Å². The fraction of sp³-hybridized carbons (Fsp3) is 0.917. The highest BCUT2D eigenvalue weighted by Crippen LogP contribution is 2.06. The second kappa shape index (κ2) is 8.72. The third-order valence-electron chi connectivity index (χ3n) is 2.43. The maximum Gasteiger partial charge on any atom is 0.305 e. The zero-order valence-corrected chi connectivity index (χ0v) is 10.3. The predicted octanol–water partition coefficient (Wildman–Crippen LogP) is 2.34. The first-order valence-corrected chi connectivity index (χ1v) is 5.92. The number of rotatable bonds is 8. The predicted molar refractivity (Wildman–Crippen MR) is 62.5 cm³/mol. The van der Waals surface area contributed by atoms with Gasteiger partial charge in [-0.3, -0.25) is 4.79 Å². The zero-order valence-electron chi connectivity index (χ0n) is 10.3. The Kier molecular flexibility index (Phi) is 8.38. The first-order chi connectivity index (χ1) is 7.06. The second-order valence-electron chi connectivity index (χ2n) is 4.64. The molecular weight excluding hydrogens is 190 g/mol. The van der Waals surface area contributed by atoms with Gasteiger partial charge in [0.2, 0.25) is 0 Å². The summed E-state index contributed by atoms with van der Waals surface area (Å²) < 4.78 is 5.11. The highest BCUT2D eigenvalue weighted by atomic mass is 16.5. The van der Waals surface area contributed by atoms with Crippen molar-refractivity contribution in [2.75, 3.05) is 13.2 Å². The molecule has 0 aliphatic heterocycles. The normalized spacial score (nSPS) is 12.9. The van der Waals surface area contributed by atoms with Crippen LogP contribution in [0.2, 0.25) is 0 Å². The van der Waals surface area contributed by atoms with E-state index < -0.39 is 0 Å². The largest absolute Gasteiger partial charge is 0.466 e. The summed E-state index contributed by atoms with van der Waals surface area (Å²) in [5.41, 5.74) is 5.46. The van der Waals surface area contributed by atoms with Gasteiger partial charge in [0.05, 0.1) is 6.61 Å². The van der Waals surface area contributed by atoms with Crippen molar-refractivity contribution < 1.29 is 9.53 Å². The first kappa shape index (κ1) is 14.4. The molecule has 1 atom stereocenters. The molecule has 0 aliphatic carbocycles. The molecule has 0 aromatic rings. The lowest BCUT2D eigenvalue weighted by Gasteiger charge is -2.08. The summed E-state index contributed by atoms with van der Waals surface area (Å²) in [5, 5.41) is 0. The summed E-state index contributed by atoms with van der Waals surface area (Å²) in [7, 11) is 0. The molecule has 0 saturated heterocycles. The van der Waals surface area contributed by atoms with Crippen molar-refractivity contribution >= 4 is 5.97 Å². The quantitative estimate of drug-likeness (QED) is 0.499. The average Bonchev–Trinajstić information content (AvgIpc) is 2.20. The third kappa shape index (κ3) is 9.73. The molecule has 0 spiro atoms. The van der Waals surface area contributed by atoms with Gasteiger partial charge in [-0.15, -0.1) is 0 Å². The Labute approximate surface area is 93.4 Å². The molecule has 0 radical (unpaired) electrons. The van der Waals surface area contributed by atoms with Crippen molar-refractivity contribution in [3.05, 3.63) is 0 Å². The van der Waals surface area contributed by atoms with Crippen LogP contribution in [0, 0.1) is 11.8 Å². The topological polar surface area (TPSA) is 52.3 Å². The Morgan fingerprint density at radius 3 is 2.47 bits per heavy atom. The van der Waals surface area contributed by atoms with E-state index in [0.29, 0.717) is 31.4 Å². The van der Waals surface area contributed by atoms with E-state index in [1.807, 2.05) is 6.92 Å². The molecule has 0 amide bonds. The van der Waals surface area contributed by atoms with Gasteiger partial charge in [-0.25, -0.2) is 0 Å². The van der Waals surface area contributed by atoms with Crippen LogP contribution < -0.4 is 5.73 Å². The number of esters is 1. The van der Waals surface area contributed by atoms with E-state index in [2.05, 4.69) is 13.8 Å². The molecule has 3 heteroatoms. The summed E-state index contributed by atoms with van der Waals surface area (Å²) in [6.07, 6.45) is 3.42. The van der Waals surface area contributed by atoms with Gasteiger partial charge in [-0.1, -0.05) is 20.8 Å². The summed E-state index contributed by atoms with van der Waals surface area (Å²) in [5.74, 6) is 1.01. The second-order valence-corrected chi connectivity index (χ2v) is 4.64. The molecule has 0 rings (SSSR count). The smallest absolute Gasteiger partial charge is 0.305 e. The highest BCUT2D eigenvalue weighted by molar-refractivity contribution is 5.69. The van der Waals surface area contributed by atoms with Crippen molar-refractivity contribution in [3.8, 4) is 0 Å². The van der Waals surface area contributed by atoms with Crippen LogP contribution in [0.25, 0.3) is 0 Å². The van der Waals surface area contributed by atoms with E-state index in [9.17, 15) is 4.79 Å². The molecule has 3 nitrogen and oxygen atoms in total. The lowest BCUT2D eigenvalue weighted by Crippen LogP contribution is -2.14. The Morgan fingerprint density at radius 1 is 1.27 bits per heavy atom. The molecule has 90 valence electrons. The molecule has 0 heterocycles. The van der Waals surface area contributed by atoms with Crippen molar-refractivity contribution in [1.82, 2.24) is 0 Å². The summed E-state index contributed by atoms with van der Waals surface area (Å²) in [6, 6.07) is 0. The number of carbonyl (C=O) groups excluding carboxylic acids is 1. The zero-order chi connectivity index (χ0) is 11.7. The standard InChI is InChI=1S/C12H25NO2/c1-10(2)5-4-8-15-12(14)7-6-11(3)9-13/h10-11H,4-9,13H2,1-3H3. The van der Waals surface area contributed by atoms with Crippen LogP contribution in [0.4, 0.5) is 0 Å². The number of hydrogen-bond donors (Lipinski definition) is 1. The van der Waals surface area contributed by atoms with Crippen molar-refractivity contribution in [2.45, 2.75) is 46.5 Å². The molecule has 0 bridgehead atoms. The number of nitrogens with two attached hydrogens (primary N) is 1. The fourth-order valence-corrected chi connectivity index (χ4v) is 1.23. The van der Waals surface area contributed by atoms with Crippen LogP contribution in [0.15, 0.2) is 0 Å². The van der Waals surface area contributed by atoms with Gasteiger partial charge in [0.15, 0.2) is 0 Å². The van der Waals surface area contributed by atoms with Crippen LogP contribution in [-0.4, -0.2) is 19.1 Å². The summed E-state index contributed by atoms with van der Waals surface area (Å²) in [6.45, 7) is 7.59. The Morgan fingerprint density at radius 2 is 1.93 bits per heavy atom. The van der Waals surface area contributed by atoms with Crippen LogP contribution in [0.3, 0.4) is 0 Å². The molecule has 0 aromatic heterocycles. The molecule has 15 heavy (non-hydrogen) atoms. The van der Waals surface area contributed by atoms with Gasteiger partial charge >= 0.3 is 5.97 Å². The van der Waals surface area contributed by atoms with E-state index in [4.69, 9.17) is 10.5 Å². The van der Waals surface area contributed by atoms with Gasteiger partial charge in [0.25, 0.3) is 0 Å². The van der Waals surface area contributed by atoms with Gasteiger partial charge in [0.1, 0.15) is 0 Å². The minimum atomic E-state index is -0.0842. The molecule has 0 saturated carbocycles. The lowest BCUT2D eigenvalue weighted by atomic mass is 10.1. The Balaban J connectivity index is 3.34. The van der Waals surface area contributed by atoms with Gasteiger partial charge in [-0.2, -0.15) is 0 Å². The molecule has 2 N–H and O–H groups in total. The molecule has 0 aromatic carbocycles. The van der Waals surface area contributed by atoms with E-state index >= 15 is 0 Å². The maximum atomic E-state index is 11.2. The van der Waals surface area contributed by atoms with Crippen LogP contribution in [0.5, 0.6) is 0 Å². The molecule has 0 fully saturated rings. The summed E-state index contributed by atoms with van der Waals surface area (Å²) in [4.78, 5) is 11.2. The average molecular weight is 215 g/mol. The van der Waals surface area contributed by atoms with E-state index in [-0.39, 0.29) is 5.97 Å². The minimum Gasteiger partial charge on any atom is -0.466 e. The van der Waals surface area contributed by atoms with E-state index in [1.165, 1.54) is 0 Å². The highest BCUT2D eigenvalue weighted by Gasteiger charge is 2.06. The van der Waals surface area contributed by atoms with Gasteiger partial charge < -0.3 is 10.5 Å². The molecular formula is C12H25NO2. The maximum absolute atomic E-state index is 11.2. The fourth-order valence-electron chi connectivity index (χ4n) is 1.23. The first-order valence-electron chi connectivity index (χ1n) is 5.92. The third-order valence-corrected chi connectivity index (χ3v) is 2.43. The Bertz CT molecular complexity index is 169. The molecule has 1 unspecified atom stereocenters. The monoisotopic (exact) mass is 215 g/mol.